The van der Waals surface area contributed by atoms with Crippen molar-refractivity contribution in [1.29, 1.82) is 0 Å². The third-order valence-corrected chi connectivity index (χ3v) is 6.22. The number of nitrogens with zero attached hydrogens (tertiary/aromatic N) is 5. The van der Waals surface area contributed by atoms with Crippen molar-refractivity contribution in [3.05, 3.63) is 41.2 Å². The van der Waals surface area contributed by atoms with Crippen LogP contribution in [0.25, 0.3) is 21.3 Å². The normalized spacial score (nSPS) is 15.8. The van der Waals surface area contributed by atoms with Gasteiger partial charge in [0, 0.05) is 49.0 Å². The van der Waals surface area contributed by atoms with Gasteiger partial charge in [0.2, 0.25) is 0 Å². The summed E-state index contributed by atoms with van der Waals surface area (Å²) in [5, 5.41) is 12.4. The maximum atomic E-state index is 12.6. The summed E-state index contributed by atoms with van der Waals surface area (Å²) in [5.74, 6) is 0.233. The zero-order chi connectivity index (χ0) is 20.2. The third-order valence-electron chi connectivity index (χ3n) is 5.33. The van der Waals surface area contributed by atoms with Gasteiger partial charge in [-0.25, -0.2) is 0 Å². The maximum Gasteiger partial charge on any atom is 0.152 e. The van der Waals surface area contributed by atoms with E-state index in [1.165, 1.54) is 6.42 Å². The molecule has 0 aliphatic carbocycles. The molecule has 0 atom stereocenters. The standard InChI is InChI=1S/C22H27N5OS/c1-3-6-26-7-9-27(10-8-26)15-21(28)13-20-12-19-11-17(4-5-18(19)14-23-20)22-25-24-16(2)29-22/h4-5,11-12,14H,3,6-10,13,15H2,1-2H3. The van der Waals surface area contributed by atoms with Gasteiger partial charge in [0.05, 0.1) is 13.0 Å². The highest BCUT2D eigenvalue weighted by molar-refractivity contribution is 7.14. The molecule has 3 heterocycles. The van der Waals surface area contributed by atoms with Gasteiger partial charge in [0.25, 0.3) is 0 Å². The van der Waals surface area contributed by atoms with Gasteiger partial charge < -0.3 is 4.90 Å². The van der Waals surface area contributed by atoms with Crippen LogP contribution in [0.4, 0.5) is 0 Å². The zero-order valence-corrected chi connectivity index (χ0v) is 17.9. The van der Waals surface area contributed by atoms with Crippen LogP contribution in [-0.2, 0) is 11.2 Å². The van der Waals surface area contributed by atoms with E-state index in [-0.39, 0.29) is 5.78 Å². The first-order valence-corrected chi connectivity index (χ1v) is 11.1. The molecule has 0 saturated carbocycles. The molecule has 1 saturated heterocycles. The van der Waals surface area contributed by atoms with Crippen LogP contribution >= 0.6 is 11.3 Å². The number of aromatic nitrogens is 3. The topological polar surface area (TPSA) is 62.2 Å². The minimum Gasteiger partial charge on any atom is -0.301 e. The molecule has 6 nitrogen and oxygen atoms in total. The Hall–Kier alpha value is -2.22. The van der Waals surface area contributed by atoms with Crippen LogP contribution in [0.5, 0.6) is 0 Å². The Morgan fingerprint density at radius 1 is 1.07 bits per heavy atom. The van der Waals surface area contributed by atoms with Crippen molar-refractivity contribution in [3.8, 4) is 10.6 Å². The van der Waals surface area contributed by atoms with E-state index in [0.29, 0.717) is 13.0 Å². The van der Waals surface area contributed by atoms with Crippen molar-refractivity contribution in [3.63, 3.8) is 0 Å². The molecule has 7 heteroatoms. The van der Waals surface area contributed by atoms with Gasteiger partial charge >= 0.3 is 0 Å². The molecule has 29 heavy (non-hydrogen) atoms. The van der Waals surface area contributed by atoms with Crippen LogP contribution in [0.2, 0.25) is 0 Å². The monoisotopic (exact) mass is 409 g/mol. The number of rotatable bonds is 7. The van der Waals surface area contributed by atoms with Crippen molar-refractivity contribution in [2.75, 3.05) is 39.3 Å². The van der Waals surface area contributed by atoms with Crippen molar-refractivity contribution < 1.29 is 4.79 Å². The summed E-state index contributed by atoms with van der Waals surface area (Å²) in [5.41, 5.74) is 1.88. The van der Waals surface area contributed by atoms with Gasteiger partial charge in [0.1, 0.15) is 10.0 Å². The number of piperazine rings is 1. The predicted molar refractivity (Wildman–Crippen MR) is 117 cm³/mol. The Balaban J connectivity index is 1.40. The average Bonchev–Trinajstić information content (AvgIpc) is 3.15. The number of aryl methyl sites for hydroxylation is 1. The highest BCUT2D eigenvalue weighted by Crippen LogP contribution is 2.27. The summed E-state index contributed by atoms with van der Waals surface area (Å²) >= 11 is 1.59. The molecule has 1 fully saturated rings. The van der Waals surface area contributed by atoms with Crippen molar-refractivity contribution >= 4 is 27.9 Å². The zero-order valence-electron chi connectivity index (χ0n) is 17.1. The molecule has 152 valence electrons. The van der Waals surface area contributed by atoms with Gasteiger partial charge in [-0.3, -0.25) is 14.7 Å². The lowest BCUT2D eigenvalue weighted by atomic mass is 10.1. The molecule has 2 aromatic heterocycles. The molecule has 0 amide bonds. The molecular weight excluding hydrogens is 382 g/mol. The van der Waals surface area contributed by atoms with E-state index >= 15 is 0 Å². The van der Waals surface area contributed by atoms with Crippen LogP contribution in [0.1, 0.15) is 24.0 Å². The SMILES string of the molecule is CCCN1CCN(CC(=O)Cc2cc3cc(-c4nnc(C)s4)ccc3cn2)CC1. The smallest absolute Gasteiger partial charge is 0.152 e. The molecule has 4 rings (SSSR count). The second kappa shape index (κ2) is 9.07. The van der Waals surface area contributed by atoms with Crippen LogP contribution in [0, 0.1) is 6.92 Å². The number of benzene rings is 1. The van der Waals surface area contributed by atoms with Gasteiger partial charge in [-0.05, 0) is 37.4 Å². The number of pyridine rings is 1. The number of ketones is 1. The van der Waals surface area contributed by atoms with E-state index < -0.39 is 0 Å². The molecule has 0 N–H and O–H groups in total. The van der Waals surface area contributed by atoms with E-state index in [1.54, 1.807) is 11.3 Å². The van der Waals surface area contributed by atoms with E-state index in [4.69, 9.17) is 0 Å². The molecule has 1 aliphatic heterocycles. The average molecular weight is 410 g/mol. The van der Waals surface area contributed by atoms with Crippen molar-refractivity contribution in [2.24, 2.45) is 0 Å². The highest BCUT2D eigenvalue weighted by Gasteiger charge is 2.18. The lowest BCUT2D eigenvalue weighted by molar-refractivity contribution is -0.120. The quantitative estimate of drug-likeness (QED) is 0.597. The number of fused-ring (bicyclic) bond motifs is 1. The number of hydrogen-bond acceptors (Lipinski definition) is 7. The van der Waals surface area contributed by atoms with Gasteiger partial charge in [-0.1, -0.05) is 30.4 Å². The maximum absolute atomic E-state index is 12.6. The minimum atomic E-state index is 0.233. The van der Waals surface area contributed by atoms with Gasteiger partial charge in [-0.2, -0.15) is 0 Å². The number of hydrogen-bond donors (Lipinski definition) is 0. The van der Waals surface area contributed by atoms with E-state index in [9.17, 15) is 4.79 Å². The van der Waals surface area contributed by atoms with E-state index in [0.717, 1.165) is 64.8 Å². The Labute approximate surface area is 175 Å². The second-order valence-corrected chi connectivity index (χ2v) is 8.88. The second-order valence-electron chi connectivity index (χ2n) is 7.70. The first kappa shape index (κ1) is 20.1. The fraction of sp³-hybridized carbons (Fsp3) is 0.455. The molecule has 0 spiro atoms. The molecular formula is C22H27N5OS. The first-order valence-electron chi connectivity index (χ1n) is 10.3. The number of carbonyl (C=O) groups is 1. The van der Waals surface area contributed by atoms with Crippen LogP contribution < -0.4 is 0 Å². The highest BCUT2D eigenvalue weighted by atomic mass is 32.1. The van der Waals surface area contributed by atoms with Crippen molar-refractivity contribution in [1.82, 2.24) is 25.0 Å². The Morgan fingerprint density at radius 3 is 2.59 bits per heavy atom. The minimum absolute atomic E-state index is 0.233. The molecule has 1 aromatic carbocycles. The molecule has 1 aliphatic rings. The molecule has 0 radical (unpaired) electrons. The van der Waals surface area contributed by atoms with Gasteiger partial charge in [-0.15, -0.1) is 10.2 Å². The largest absolute Gasteiger partial charge is 0.301 e. The molecule has 0 bridgehead atoms. The number of Topliss-reactive ketones (excluding diaryl/α,β-unsaturated/α-hetero) is 1. The van der Waals surface area contributed by atoms with Crippen LogP contribution in [-0.4, -0.2) is 70.0 Å². The lowest BCUT2D eigenvalue weighted by Gasteiger charge is -2.34. The predicted octanol–water partition coefficient (Wildman–Crippen LogP) is 3.20. The van der Waals surface area contributed by atoms with Crippen LogP contribution in [0.15, 0.2) is 30.5 Å². The van der Waals surface area contributed by atoms with E-state index in [2.05, 4.69) is 44.0 Å². The third kappa shape index (κ3) is 5.04. The first-order chi connectivity index (χ1) is 14.1. The Kier molecular flexibility index (Phi) is 6.28. The molecule has 0 unspecified atom stereocenters. The fourth-order valence-corrected chi connectivity index (χ4v) is 4.51. The molecule has 3 aromatic rings. The number of carbonyl (C=O) groups excluding carboxylic acids is 1. The fourth-order valence-electron chi connectivity index (χ4n) is 3.82. The summed E-state index contributed by atoms with van der Waals surface area (Å²) in [7, 11) is 0. The van der Waals surface area contributed by atoms with Crippen LogP contribution in [0.3, 0.4) is 0 Å². The van der Waals surface area contributed by atoms with Gasteiger partial charge in [0.15, 0.2) is 5.78 Å². The summed E-state index contributed by atoms with van der Waals surface area (Å²) in [6, 6.07) is 8.24. The lowest BCUT2D eigenvalue weighted by Crippen LogP contribution is -2.48. The summed E-state index contributed by atoms with van der Waals surface area (Å²) < 4.78 is 0. The summed E-state index contributed by atoms with van der Waals surface area (Å²) in [6.45, 7) is 9.91. The summed E-state index contributed by atoms with van der Waals surface area (Å²) in [4.78, 5) is 21.9. The summed E-state index contributed by atoms with van der Waals surface area (Å²) in [6.07, 6.45) is 3.43. The van der Waals surface area contributed by atoms with Crippen molar-refractivity contribution in [2.45, 2.75) is 26.7 Å². The van der Waals surface area contributed by atoms with E-state index in [1.807, 2.05) is 25.3 Å². The Morgan fingerprint density at radius 2 is 1.86 bits per heavy atom. The Bertz CT molecular complexity index is 994.